The summed E-state index contributed by atoms with van der Waals surface area (Å²) in [5, 5.41) is 41.3. The largest absolute Gasteiger partial charge is 0.508 e. The number of hydrogen-bond acceptors (Lipinski definition) is 7. The summed E-state index contributed by atoms with van der Waals surface area (Å²) in [4.78, 5) is 2.09. The molecule has 0 aromatic heterocycles. The molecule has 5 rings (SSSR count). The van der Waals surface area contributed by atoms with Crippen molar-refractivity contribution in [1.82, 2.24) is 4.90 Å². The fourth-order valence-corrected chi connectivity index (χ4v) is 5.37. The van der Waals surface area contributed by atoms with Gasteiger partial charge in [0, 0.05) is 24.6 Å². The fraction of sp³-hybridized carbons (Fsp3) is 0.211. The average molecular weight is 606 g/mol. The Balaban J connectivity index is 1.45. The van der Waals surface area contributed by atoms with Crippen molar-refractivity contribution >= 4 is 0 Å². The Hall–Kier alpha value is -4.82. The molecule has 5 aromatic rings. The molecule has 2 atom stereocenters. The number of nitrogens with zero attached hydrogens (tertiary/aromatic N) is 1. The van der Waals surface area contributed by atoms with E-state index >= 15 is 0 Å². The van der Waals surface area contributed by atoms with Crippen LogP contribution in [0.25, 0.3) is 0 Å². The molecule has 45 heavy (non-hydrogen) atoms. The summed E-state index contributed by atoms with van der Waals surface area (Å²) in [6.07, 6.45) is -1.65. The van der Waals surface area contributed by atoms with Gasteiger partial charge in [-0.05, 0) is 71.6 Å². The predicted octanol–water partition coefficient (Wildman–Crippen LogP) is 6.59. The van der Waals surface area contributed by atoms with Gasteiger partial charge in [0.15, 0.2) is 6.23 Å². The second kappa shape index (κ2) is 15.3. The Morgan fingerprint density at radius 2 is 1.24 bits per heavy atom. The second-order valence-corrected chi connectivity index (χ2v) is 11.1. The lowest BCUT2D eigenvalue weighted by Gasteiger charge is -2.36. The van der Waals surface area contributed by atoms with Crippen molar-refractivity contribution < 1.29 is 29.9 Å². The van der Waals surface area contributed by atoms with Gasteiger partial charge < -0.3 is 29.9 Å². The first-order valence-electron chi connectivity index (χ1n) is 15.0. The summed E-state index contributed by atoms with van der Waals surface area (Å²) in [5.74, 6) is 1.21. The first-order chi connectivity index (χ1) is 21.9. The van der Waals surface area contributed by atoms with Crippen molar-refractivity contribution in [2.75, 3.05) is 6.54 Å². The van der Waals surface area contributed by atoms with Gasteiger partial charge in [0.25, 0.3) is 0 Å². The van der Waals surface area contributed by atoms with Crippen LogP contribution in [0.1, 0.15) is 40.7 Å². The van der Waals surface area contributed by atoms with Crippen molar-refractivity contribution in [2.24, 2.45) is 0 Å². The summed E-state index contributed by atoms with van der Waals surface area (Å²) in [5.41, 5.74) is 4.56. The molecule has 2 unspecified atom stereocenters. The third-order valence-corrected chi connectivity index (χ3v) is 7.71. The van der Waals surface area contributed by atoms with Crippen LogP contribution < -0.4 is 9.47 Å². The second-order valence-electron chi connectivity index (χ2n) is 11.1. The summed E-state index contributed by atoms with van der Waals surface area (Å²) < 4.78 is 12.5. The Morgan fingerprint density at radius 3 is 1.78 bits per heavy atom. The molecule has 0 spiro atoms. The zero-order chi connectivity index (χ0) is 31.6. The molecule has 0 fully saturated rings. The summed E-state index contributed by atoms with van der Waals surface area (Å²) >= 11 is 0. The molecular formula is C38H39NO6. The number of rotatable bonds is 14. The lowest BCUT2D eigenvalue weighted by molar-refractivity contribution is -0.0639. The number of phenolic OH excluding ortho intramolecular Hbond substituents is 2. The van der Waals surface area contributed by atoms with Crippen molar-refractivity contribution in [3.05, 3.63) is 155 Å². The number of aliphatic hydroxyl groups excluding tert-OH is 2. The van der Waals surface area contributed by atoms with Crippen molar-refractivity contribution in [3.8, 4) is 23.0 Å². The van der Waals surface area contributed by atoms with Gasteiger partial charge >= 0.3 is 0 Å². The summed E-state index contributed by atoms with van der Waals surface area (Å²) in [7, 11) is 0. The summed E-state index contributed by atoms with van der Waals surface area (Å²) in [6.45, 7) is 2.76. The van der Waals surface area contributed by atoms with Crippen LogP contribution in [0.2, 0.25) is 0 Å². The molecule has 4 N–H and O–H groups in total. The average Bonchev–Trinajstić information content (AvgIpc) is 3.06. The van der Waals surface area contributed by atoms with Gasteiger partial charge in [0.2, 0.25) is 0 Å². The maximum Gasteiger partial charge on any atom is 0.178 e. The molecule has 0 saturated heterocycles. The van der Waals surface area contributed by atoms with Crippen LogP contribution in [0, 0.1) is 0 Å². The number of phenols is 2. The molecule has 5 aromatic carbocycles. The van der Waals surface area contributed by atoms with E-state index in [9.17, 15) is 20.4 Å². The zero-order valence-electron chi connectivity index (χ0n) is 25.2. The first kappa shape index (κ1) is 31.6. The minimum absolute atomic E-state index is 0.172. The van der Waals surface area contributed by atoms with E-state index in [0.717, 1.165) is 22.3 Å². The molecule has 7 nitrogen and oxygen atoms in total. The van der Waals surface area contributed by atoms with E-state index in [1.807, 2.05) is 84.9 Å². The molecular weight excluding hydrogens is 566 g/mol. The molecule has 0 aliphatic rings. The topological polar surface area (TPSA) is 103 Å². The maximum atomic E-state index is 11.1. The highest BCUT2D eigenvalue weighted by atomic mass is 16.5. The van der Waals surface area contributed by atoms with Crippen molar-refractivity contribution in [2.45, 2.75) is 44.9 Å². The van der Waals surface area contributed by atoms with Gasteiger partial charge in [0.1, 0.15) is 35.7 Å². The predicted molar refractivity (Wildman–Crippen MR) is 174 cm³/mol. The highest BCUT2D eigenvalue weighted by molar-refractivity contribution is 5.41. The molecule has 7 heteroatoms. The van der Waals surface area contributed by atoms with Crippen molar-refractivity contribution in [1.29, 1.82) is 0 Å². The Morgan fingerprint density at radius 1 is 0.689 bits per heavy atom. The monoisotopic (exact) mass is 605 g/mol. The Labute approximate surface area is 264 Å². The van der Waals surface area contributed by atoms with Gasteiger partial charge in [-0.1, -0.05) is 84.9 Å². The van der Waals surface area contributed by atoms with Crippen LogP contribution in [0.4, 0.5) is 0 Å². The SMILES string of the molecule is CC(O)C(Oc1ccc(OCc2ccccc2)c(CO)c1)N(Cc1ccccc1)CC(c1ccc(O)cc1)c1ccc(O)cc1. The lowest BCUT2D eigenvalue weighted by atomic mass is 9.90. The Bertz CT molecular complexity index is 1560. The van der Waals surface area contributed by atoms with Crippen LogP contribution in [-0.2, 0) is 19.8 Å². The number of hydrogen-bond donors (Lipinski definition) is 4. The Kier molecular flexibility index (Phi) is 10.7. The van der Waals surface area contributed by atoms with Crippen LogP contribution >= 0.6 is 0 Å². The third kappa shape index (κ3) is 8.64. The van der Waals surface area contributed by atoms with E-state index in [0.29, 0.717) is 36.8 Å². The van der Waals surface area contributed by atoms with Crippen LogP contribution in [0.15, 0.2) is 127 Å². The van der Waals surface area contributed by atoms with Crippen LogP contribution in [0.3, 0.4) is 0 Å². The van der Waals surface area contributed by atoms with Crippen molar-refractivity contribution in [3.63, 3.8) is 0 Å². The van der Waals surface area contributed by atoms with E-state index in [1.165, 1.54) is 0 Å². The van der Waals surface area contributed by atoms with Gasteiger partial charge in [-0.3, -0.25) is 4.90 Å². The van der Waals surface area contributed by atoms with Gasteiger partial charge in [-0.2, -0.15) is 0 Å². The number of benzene rings is 5. The molecule has 0 radical (unpaired) electrons. The van der Waals surface area contributed by atoms with Gasteiger partial charge in [0.05, 0.1) is 6.61 Å². The first-order valence-corrected chi connectivity index (χ1v) is 15.0. The molecule has 0 amide bonds. The van der Waals surface area contributed by atoms with Gasteiger partial charge in [-0.15, -0.1) is 0 Å². The zero-order valence-corrected chi connectivity index (χ0v) is 25.2. The van der Waals surface area contributed by atoms with E-state index < -0.39 is 12.3 Å². The lowest BCUT2D eigenvalue weighted by Crippen LogP contribution is -2.48. The number of aliphatic hydroxyl groups is 2. The van der Waals surface area contributed by atoms with E-state index in [-0.39, 0.29) is 24.0 Å². The third-order valence-electron chi connectivity index (χ3n) is 7.71. The molecule has 0 saturated carbocycles. The van der Waals surface area contributed by atoms with E-state index in [4.69, 9.17) is 9.47 Å². The normalized spacial score (nSPS) is 12.6. The van der Waals surface area contributed by atoms with E-state index in [1.54, 1.807) is 49.4 Å². The number of ether oxygens (including phenoxy) is 2. The molecule has 232 valence electrons. The van der Waals surface area contributed by atoms with E-state index in [2.05, 4.69) is 4.90 Å². The highest BCUT2D eigenvalue weighted by Crippen LogP contribution is 2.32. The van der Waals surface area contributed by atoms with Crippen LogP contribution in [0.5, 0.6) is 23.0 Å². The summed E-state index contributed by atoms with van der Waals surface area (Å²) in [6, 6.07) is 39.3. The highest BCUT2D eigenvalue weighted by Gasteiger charge is 2.29. The smallest absolute Gasteiger partial charge is 0.178 e. The molecule has 0 heterocycles. The van der Waals surface area contributed by atoms with Crippen LogP contribution in [-0.4, -0.2) is 44.2 Å². The standard InChI is InChI=1S/C38H39NO6/c1-27(41)38(45-35-20-21-37(32(22-35)25-40)44-26-29-10-6-3-7-11-29)39(23-28-8-4-2-5-9-28)24-36(30-12-16-33(42)17-13-30)31-14-18-34(43)19-15-31/h2-22,27,36,38,40-43H,23-26H2,1H3. The molecule has 0 aliphatic carbocycles. The quantitative estimate of drug-likeness (QED) is 0.106. The van der Waals surface area contributed by atoms with Gasteiger partial charge in [-0.25, -0.2) is 0 Å². The number of aromatic hydroxyl groups is 2. The maximum absolute atomic E-state index is 11.1. The molecule has 0 aliphatic heterocycles. The fourth-order valence-electron chi connectivity index (χ4n) is 5.37. The minimum Gasteiger partial charge on any atom is -0.508 e. The molecule has 0 bridgehead atoms. The minimum atomic E-state index is -0.888.